The average molecular weight is 349 g/mol. The Balaban J connectivity index is 0.000000196. The molecule has 0 aliphatic carbocycles. The molecule has 4 N–H and O–H groups in total. The maximum Gasteiger partial charge on any atom is 0.345 e. The van der Waals surface area contributed by atoms with Crippen molar-refractivity contribution in [1.82, 2.24) is 4.98 Å². The van der Waals surface area contributed by atoms with Crippen molar-refractivity contribution < 1.29 is 34.7 Å². The zero-order valence-electron chi connectivity index (χ0n) is 13.2. The summed E-state index contributed by atoms with van der Waals surface area (Å²) in [5.41, 5.74) is 0.446. The first kappa shape index (κ1) is 19.0. The number of nitrogens with zero attached hydrogens (tertiary/aromatic N) is 1. The number of benzene rings is 1. The fraction of sp³-hybridized carbons (Fsp3) is 0.294. The Kier molecular flexibility index (Phi) is 6.99. The van der Waals surface area contributed by atoms with Crippen molar-refractivity contribution >= 4 is 5.97 Å². The molecule has 1 aromatic carbocycles. The summed E-state index contributed by atoms with van der Waals surface area (Å²) in [5.74, 6) is 0.139. The quantitative estimate of drug-likeness (QED) is 0.440. The van der Waals surface area contributed by atoms with Crippen LogP contribution in [0.25, 0.3) is 0 Å². The second kappa shape index (κ2) is 9.21. The minimum atomic E-state index is -1.38. The Morgan fingerprint density at radius 3 is 2.28 bits per heavy atom. The molecule has 1 saturated heterocycles. The van der Waals surface area contributed by atoms with Crippen molar-refractivity contribution in [3.8, 4) is 5.75 Å². The third-order valence-corrected chi connectivity index (χ3v) is 3.37. The van der Waals surface area contributed by atoms with Gasteiger partial charge >= 0.3 is 5.97 Å². The average Bonchev–Trinajstić information content (AvgIpc) is 2.90. The predicted octanol–water partition coefficient (Wildman–Crippen LogP) is -0.282. The number of rotatable bonds is 3. The Bertz CT molecular complexity index is 653. The van der Waals surface area contributed by atoms with Gasteiger partial charge in [-0.2, -0.15) is 0 Å². The van der Waals surface area contributed by atoms with E-state index in [0.717, 1.165) is 0 Å². The van der Waals surface area contributed by atoms with Gasteiger partial charge in [-0.1, -0.05) is 18.2 Å². The molecule has 2 aromatic rings. The molecule has 1 aromatic heterocycles. The summed E-state index contributed by atoms with van der Waals surface area (Å²) < 4.78 is 9.66. The van der Waals surface area contributed by atoms with Gasteiger partial charge in [-0.15, -0.1) is 0 Å². The maximum absolute atomic E-state index is 11.6. The number of carbonyl (C=O) groups excluding carboxylic acids is 1. The van der Waals surface area contributed by atoms with E-state index in [2.05, 4.69) is 9.72 Å². The first-order valence-corrected chi connectivity index (χ1v) is 7.50. The Morgan fingerprint density at radius 2 is 1.80 bits per heavy atom. The SMILES string of the molecule is O=C(Oc1ccccc1)c1cccnc1.OC[C@H]1OC(O)[C@H](O)[C@@H]1O. The zero-order chi connectivity index (χ0) is 18.2. The van der Waals surface area contributed by atoms with Crippen molar-refractivity contribution in [3.63, 3.8) is 0 Å². The first-order chi connectivity index (χ1) is 12.0. The summed E-state index contributed by atoms with van der Waals surface area (Å²) in [7, 11) is 0. The fourth-order valence-corrected chi connectivity index (χ4v) is 2.02. The molecule has 8 nitrogen and oxygen atoms in total. The molecule has 0 spiro atoms. The summed E-state index contributed by atoms with van der Waals surface area (Å²) >= 11 is 0. The number of hydrogen-bond donors (Lipinski definition) is 4. The van der Waals surface area contributed by atoms with Crippen molar-refractivity contribution in [2.45, 2.75) is 24.6 Å². The number of esters is 1. The minimum absolute atomic E-state index is 0.394. The lowest BCUT2D eigenvalue weighted by molar-refractivity contribution is -0.132. The van der Waals surface area contributed by atoms with Crippen LogP contribution in [0.1, 0.15) is 10.4 Å². The van der Waals surface area contributed by atoms with Crippen molar-refractivity contribution in [2.75, 3.05) is 6.61 Å². The van der Waals surface area contributed by atoms with Gasteiger partial charge in [0.1, 0.15) is 24.1 Å². The number of ether oxygens (including phenoxy) is 2. The normalized spacial score (nSPS) is 25.0. The van der Waals surface area contributed by atoms with Crippen LogP contribution in [0.2, 0.25) is 0 Å². The number of para-hydroxylation sites is 1. The first-order valence-electron chi connectivity index (χ1n) is 7.50. The highest BCUT2D eigenvalue weighted by Crippen LogP contribution is 2.18. The third kappa shape index (κ3) is 5.31. The van der Waals surface area contributed by atoms with E-state index in [-0.39, 0.29) is 0 Å². The monoisotopic (exact) mass is 349 g/mol. The van der Waals surface area contributed by atoms with E-state index in [0.29, 0.717) is 11.3 Å². The van der Waals surface area contributed by atoms with E-state index < -0.39 is 37.2 Å². The molecule has 1 aliphatic rings. The highest BCUT2D eigenvalue weighted by molar-refractivity contribution is 5.90. The van der Waals surface area contributed by atoms with Crippen LogP contribution < -0.4 is 4.74 Å². The van der Waals surface area contributed by atoms with Crippen LogP contribution in [0.5, 0.6) is 5.75 Å². The van der Waals surface area contributed by atoms with Crippen molar-refractivity contribution in [3.05, 3.63) is 60.4 Å². The highest BCUT2D eigenvalue weighted by atomic mass is 16.6. The predicted molar refractivity (Wildman–Crippen MR) is 85.6 cm³/mol. The number of hydrogen-bond acceptors (Lipinski definition) is 8. The lowest BCUT2D eigenvalue weighted by Crippen LogP contribution is -2.33. The number of aromatic nitrogens is 1. The standard InChI is InChI=1S/C12H9NO2.C5H10O5/c14-12(10-5-4-8-13-9-10)15-11-6-2-1-3-7-11;6-1-2-3(7)4(8)5(9)10-2/h1-9H;2-9H,1H2/t;2-,3-,4-,5?/m.1/s1. The maximum atomic E-state index is 11.6. The largest absolute Gasteiger partial charge is 0.423 e. The molecule has 0 bridgehead atoms. The third-order valence-electron chi connectivity index (χ3n) is 3.37. The van der Waals surface area contributed by atoms with Gasteiger partial charge in [0, 0.05) is 12.4 Å². The smallest absolute Gasteiger partial charge is 0.345 e. The molecule has 0 radical (unpaired) electrons. The summed E-state index contributed by atoms with van der Waals surface area (Å²) in [5, 5.41) is 35.0. The van der Waals surface area contributed by atoms with Crippen LogP contribution in [0.4, 0.5) is 0 Å². The Labute approximate surface area is 143 Å². The summed E-state index contributed by atoms with van der Waals surface area (Å²) in [6.45, 7) is -0.407. The molecule has 4 atom stereocenters. The minimum Gasteiger partial charge on any atom is -0.423 e. The molecule has 1 fully saturated rings. The van der Waals surface area contributed by atoms with Crippen LogP contribution >= 0.6 is 0 Å². The van der Waals surface area contributed by atoms with Gasteiger partial charge in [-0.05, 0) is 24.3 Å². The van der Waals surface area contributed by atoms with Gasteiger partial charge in [-0.3, -0.25) is 4.98 Å². The van der Waals surface area contributed by atoms with Crippen molar-refractivity contribution in [2.24, 2.45) is 0 Å². The molecule has 1 unspecified atom stereocenters. The Hall–Kier alpha value is -2.36. The molecule has 134 valence electrons. The summed E-state index contributed by atoms with van der Waals surface area (Å²) in [6.07, 6.45) is -1.67. The number of pyridine rings is 1. The lowest BCUT2D eigenvalue weighted by Gasteiger charge is -2.09. The topological polar surface area (TPSA) is 129 Å². The van der Waals surface area contributed by atoms with E-state index in [4.69, 9.17) is 25.2 Å². The summed E-state index contributed by atoms with van der Waals surface area (Å²) in [6, 6.07) is 12.3. The highest BCUT2D eigenvalue weighted by Gasteiger charge is 2.41. The van der Waals surface area contributed by atoms with Crippen LogP contribution in [0.3, 0.4) is 0 Å². The molecule has 0 amide bonds. The van der Waals surface area contributed by atoms with E-state index in [1.807, 2.05) is 18.2 Å². The van der Waals surface area contributed by atoms with Crippen LogP contribution in [0, 0.1) is 0 Å². The molecular formula is C17H19NO7. The van der Waals surface area contributed by atoms with Crippen molar-refractivity contribution in [1.29, 1.82) is 0 Å². The zero-order valence-corrected chi connectivity index (χ0v) is 13.2. The molecule has 1 aliphatic heterocycles. The second-order valence-corrected chi connectivity index (χ2v) is 5.17. The molecular weight excluding hydrogens is 330 g/mol. The van der Waals surface area contributed by atoms with E-state index >= 15 is 0 Å². The van der Waals surface area contributed by atoms with Gasteiger partial charge in [-0.25, -0.2) is 4.79 Å². The van der Waals surface area contributed by atoms with E-state index in [9.17, 15) is 4.79 Å². The lowest BCUT2D eigenvalue weighted by atomic mass is 10.1. The van der Waals surface area contributed by atoms with Gasteiger partial charge in [0.05, 0.1) is 12.2 Å². The number of aliphatic hydroxyl groups excluding tert-OH is 4. The Morgan fingerprint density at radius 1 is 1.08 bits per heavy atom. The molecule has 2 heterocycles. The van der Waals surface area contributed by atoms with E-state index in [1.54, 1.807) is 30.5 Å². The molecule has 8 heteroatoms. The van der Waals surface area contributed by atoms with Gasteiger partial charge in [0.2, 0.25) is 0 Å². The summed E-state index contributed by atoms with van der Waals surface area (Å²) in [4.78, 5) is 15.4. The van der Waals surface area contributed by atoms with Gasteiger partial charge in [0.25, 0.3) is 0 Å². The number of carbonyl (C=O) groups is 1. The van der Waals surface area contributed by atoms with Crippen LogP contribution in [-0.4, -0.2) is 62.6 Å². The van der Waals surface area contributed by atoms with Gasteiger partial charge in [0.15, 0.2) is 6.29 Å². The van der Waals surface area contributed by atoms with Gasteiger partial charge < -0.3 is 29.9 Å². The molecule has 25 heavy (non-hydrogen) atoms. The molecule has 0 saturated carbocycles. The second-order valence-electron chi connectivity index (χ2n) is 5.17. The van der Waals surface area contributed by atoms with E-state index in [1.165, 1.54) is 6.20 Å². The van der Waals surface area contributed by atoms with Crippen LogP contribution in [-0.2, 0) is 4.74 Å². The fourth-order valence-electron chi connectivity index (χ4n) is 2.02. The van der Waals surface area contributed by atoms with Crippen LogP contribution in [0.15, 0.2) is 54.9 Å². The number of aliphatic hydroxyl groups is 4. The molecule has 3 rings (SSSR count).